The van der Waals surface area contributed by atoms with E-state index in [1.807, 2.05) is 35.2 Å². The number of rotatable bonds is 6. The van der Waals surface area contributed by atoms with Crippen molar-refractivity contribution in [1.82, 2.24) is 10.2 Å². The molecule has 1 heterocycles. The third kappa shape index (κ3) is 5.38. The third-order valence-electron chi connectivity index (χ3n) is 4.48. The van der Waals surface area contributed by atoms with E-state index in [1.54, 1.807) is 0 Å². The minimum atomic E-state index is 0.0898. The molecule has 0 radical (unpaired) electrons. The number of carbonyl (C=O) groups is 2. The summed E-state index contributed by atoms with van der Waals surface area (Å²) in [7, 11) is 0. The molecule has 1 fully saturated rings. The van der Waals surface area contributed by atoms with Crippen molar-refractivity contribution in [2.75, 3.05) is 13.1 Å². The summed E-state index contributed by atoms with van der Waals surface area (Å²) in [6, 6.07) is 9.60. The molecule has 0 unspecified atom stereocenters. The van der Waals surface area contributed by atoms with Gasteiger partial charge < -0.3 is 10.2 Å². The predicted molar refractivity (Wildman–Crippen MR) is 92.2 cm³/mol. The standard InChI is InChI=1S/C19H28N2O2/c1-3-7-15(2)14-18(22)20-17-10-12-21(13-11-17)19(23)16-8-5-4-6-9-16/h4-6,8-9,15,17H,3,7,10-14H2,1-2H3,(H,20,22)/t15-/m1/s1. The van der Waals surface area contributed by atoms with Gasteiger partial charge in [-0.3, -0.25) is 9.59 Å². The number of amides is 2. The van der Waals surface area contributed by atoms with Crippen LogP contribution in [0.2, 0.25) is 0 Å². The number of benzene rings is 1. The van der Waals surface area contributed by atoms with Crippen LogP contribution in [0.3, 0.4) is 0 Å². The summed E-state index contributed by atoms with van der Waals surface area (Å²) in [5.74, 6) is 0.686. The zero-order valence-electron chi connectivity index (χ0n) is 14.3. The lowest BCUT2D eigenvalue weighted by Gasteiger charge is -2.32. The maximum Gasteiger partial charge on any atom is 0.253 e. The average Bonchev–Trinajstić information content (AvgIpc) is 2.56. The lowest BCUT2D eigenvalue weighted by atomic mass is 10.00. The van der Waals surface area contributed by atoms with E-state index in [9.17, 15) is 9.59 Å². The molecule has 0 bridgehead atoms. The smallest absolute Gasteiger partial charge is 0.253 e. The molecule has 1 aromatic carbocycles. The van der Waals surface area contributed by atoms with Gasteiger partial charge in [-0.05, 0) is 30.9 Å². The molecule has 1 saturated heterocycles. The summed E-state index contributed by atoms with van der Waals surface area (Å²) in [6.07, 6.45) is 4.50. The van der Waals surface area contributed by atoms with Crippen molar-refractivity contribution in [3.05, 3.63) is 35.9 Å². The van der Waals surface area contributed by atoms with Crippen molar-refractivity contribution in [2.45, 2.75) is 52.0 Å². The molecular weight excluding hydrogens is 288 g/mol. The fourth-order valence-corrected chi connectivity index (χ4v) is 3.19. The number of hydrogen-bond donors (Lipinski definition) is 1. The summed E-state index contributed by atoms with van der Waals surface area (Å²) in [5, 5.41) is 3.13. The van der Waals surface area contributed by atoms with Crippen molar-refractivity contribution in [1.29, 1.82) is 0 Å². The second-order valence-electron chi connectivity index (χ2n) is 6.60. The van der Waals surface area contributed by atoms with Crippen LogP contribution in [0.4, 0.5) is 0 Å². The molecule has 1 aromatic rings. The van der Waals surface area contributed by atoms with Gasteiger partial charge in [-0.2, -0.15) is 0 Å². The highest BCUT2D eigenvalue weighted by Crippen LogP contribution is 2.15. The molecular formula is C19H28N2O2. The van der Waals surface area contributed by atoms with E-state index in [4.69, 9.17) is 0 Å². The Morgan fingerprint density at radius 2 is 1.87 bits per heavy atom. The van der Waals surface area contributed by atoms with Crippen molar-refractivity contribution < 1.29 is 9.59 Å². The highest BCUT2D eigenvalue weighted by atomic mass is 16.2. The fraction of sp³-hybridized carbons (Fsp3) is 0.579. The number of piperidine rings is 1. The number of nitrogens with zero attached hydrogens (tertiary/aromatic N) is 1. The summed E-state index contributed by atoms with van der Waals surface area (Å²) < 4.78 is 0. The van der Waals surface area contributed by atoms with Crippen LogP contribution in [0.1, 0.15) is 56.3 Å². The Kier molecular flexibility index (Phi) is 6.63. The van der Waals surface area contributed by atoms with Gasteiger partial charge in [0.2, 0.25) is 5.91 Å². The van der Waals surface area contributed by atoms with Crippen molar-refractivity contribution in [3.8, 4) is 0 Å². The monoisotopic (exact) mass is 316 g/mol. The second-order valence-corrected chi connectivity index (χ2v) is 6.60. The molecule has 0 saturated carbocycles. The van der Waals surface area contributed by atoms with Crippen LogP contribution >= 0.6 is 0 Å². The largest absolute Gasteiger partial charge is 0.353 e. The van der Waals surface area contributed by atoms with E-state index in [0.717, 1.165) is 31.2 Å². The molecule has 1 aliphatic heterocycles. The lowest BCUT2D eigenvalue weighted by Crippen LogP contribution is -2.46. The van der Waals surface area contributed by atoms with Crippen LogP contribution in [-0.4, -0.2) is 35.8 Å². The molecule has 0 spiro atoms. The molecule has 4 nitrogen and oxygen atoms in total. The van der Waals surface area contributed by atoms with Crippen molar-refractivity contribution in [3.63, 3.8) is 0 Å². The van der Waals surface area contributed by atoms with E-state index >= 15 is 0 Å². The van der Waals surface area contributed by atoms with Crippen LogP contribution in [0.15, 0.2) is 30.3 Å². The Morgan fingerprint density at radius 1 is 1.22 bits per heavy atom. The van der Waals surface area contributed by atoms with E-state index in [1.165, 1.54) is 0 Å². The first-order valence-corrected chi connectivity index (χ1v) is 8.73. The molecule has 2 rings (SSSR count). The predicted octanol–water partition coefficient (Wildman–Crippen LogP) is 3.23. The number of carbonyl (C=O) groups excluding carboxylic acids is 2. The zero-order valence-corrected chi connectivity index (χ0v) is 14.3. The Balaban J connectivity index is 1.75. The molecule has 0 aromatic heterocycles. The van der Waals surface area contributed by atoms with Crippen LogP contribution in [0.25, 0.3) is 0 Å². The molecule has 1 N–H and O–H groups in total. The van der Waals surface area contributed by atoms with E-state index in [-0.39, 0.29) is 17.9 Å². The molecule has 1 aliphatic rings. The summed E-state index contributed by atoms with van der Waals surface area (Å²) in [6.45, 7) is 5.70. The van der Waals surface area contributed by atoms with Crippen molar-refractivity contribution >= 4 is 11.8 Å². The molecule has 126 valence electrons. The van der Waals surface area contributed by atoms with E-state index < -0.39 is 0 Å². The van der Waals surface area contributed by atoms with E-state index in [2.05, 4.69) is 19.2 Å². The first kappa shape index (κ1) is 17.5. The second kappa shape index (κ2) is 8.70. The summed E-state index contributed by atoms with van der Waals surface area (Å²) in [4.78, 5) is 26.3. The van der Waals surface area contributed by atoms with E-state index in [0.29, 0.717) is 25.4 Å². The van der Waals surface area contributed by atoms with Gasteiger partial charge in [0.1, 0.15) is 0 Å². The van der Waals surface area contributed by atoms with Crippen molar-refractivity contribution in [2.24, 2.45) is 5.92 Å². The van der Waals surface area contributed by atoms with Crippen LogP contribution in [-0.2, 0) is 4.79 Å². The highest BCUT2D eigenvalue weighted by Gasteiger charge is 2.24. The minimum Gasteiger partial charge on any atom is -0.353 e. The van der Waals surface area contributed by atoms with Crippen LogP contribution in [0, 0.1) is 5.92 Å². The number of hydrogen-bond acceptors (Lipinski definition) is 2. The van der Waals surface area contributed by atoms with Crippen LogP contribution in [0.5, 0.6) is 0 Å². The van der Waals surface area contributed by atoms with Gasteiger partial charge in [0.25, 0.3) is 5.91 Å². The van der Waals surface area contributed by atoms with Gasteiger partial charge in [0, 0.05) is 31.1 Å². The fourth-order valence-electron chi connectivity index (χ4n) is 3.19. The molecule has 2 amide bonds. The number of likely N-dealkylation sites (tertiary alicyclic amines) is 1. The SMILES string of the molecule is CCC[C@@H](C)CC(=O)NC1CCN(C(=O)c2ccccc2)CC1. The molecule has 4 heteroatoms. The number of nitrogens with one attached hydrogen (secondary N) is 1. The van der Waals surface area contributed by atoms with Crippen LogP contribution < -0.4 is 5.32 Å². The first-order valence-electron chi connectivity index (χ1n) is 8.73. The Labute approximate surface area is 139 Å². The van der Waals surface area contributed by atoms with Gasteiger partial charge >= 0.3 is 0 Å². The van der Waals surface area contributed by atoms with Gasteiger partial charge in [-0.15, -0.1) is 0 Å². The Hall–Kier alpha value is -1.84. The lowest BCUT2D eigenvalue weighted by molar-refractivity contribution is -0.122. The first-order chi connectivity index (χ1) is 11.1. The highest BCUT2D eigenvalue weighted by molar-refractivity contribution is 5.94. The average molecular weight is 316 g/mol. The quantitative estimate of drug-likeness (QED) is 0.876. The van der Waals surface area contributed by atoms with Gasteiger partial charge in [-0.25, -0.2) is 0 Å². The maximum atomic E-state index is 12.4. The molecule has 0 aliphatic carbocycles. The topological polar surface area (TPSA) is 49.4 Å². The molecule has 23 heavy (non-hydrogen) atoms. The minimum absolute atomic E-state index is 0.0898. The van der Waals surface area contributed by atoms with Gasteiger partial charge in [0.15, 0.2) is 0 Å². The molecule has 1 atom stereocenters. The van der Waals surface area contributed by atoms with Gasteiger partial charge in [0.05, 0.1) is 0 Å². The summed E-state index contributed by atoms with van der Waals surface area (Å²) >= 11 is 0. The third-order valence-corrected chi connectivity index (χ3v) is 4.48. The zero-order chi connectivity index (χ0) is 16.7. The maximum absolute atomic E-state index is 12.4. The normalized spacial score (nSPS) is 16.9. The Morgan fingerprint density at radius 3 is 2.48 bits per heavy atom. The summed E-state index contributed by atoms with van der Waals surface area (Å²) in [5.41, 5.74) is 0.739. The van der Waals surface area contributed by atoms with Gasteiger partial charge in [-0.1, -0.05) is 44.9 Å². The Bertz CT molecular complexity index is 507.